The van der Waals surface area contributed by atoms with E-state index in [0.717, 1.165) is 17.7 Å². The van der Waals surface area contributed by atoms with E-state index in [2.05, 4.69) is 41.4 Å². The molecule has 3 nitrogen and oxygen atoms in total. The van der Waals surface area contributed by atoms with Crippen LogP contribution in [-0.4, -0.2) is 16.7 Å². The summed E-state index contributed by atoms with van der Waals surface area (Å²) in [6.07, 6.45) is 2.70. The van der Waals surface area contributed by atoms with Gasteiger partial charge in [-0.15, -0.1) is 0 Å². The van der Waals surface area contributed by atoms with Gasteiger partial charge in [-0.25, -0.2) is 0 Å². The van der Waals surface area contributed by atoms with E-state index in [-0.39, 0.29) is 0 Å². The number of benzene rings is 1. The van der Waals surface area contributed by atoms with Gasteiger partial charge in [-0.2, -0.15) is 5.10 Å². The topological polar surface area (TPSA) is 54.7 Å². The van der Waals surface area contributed by atoms with E-state index in [1.165, 1.54) is 11.1 Å². The number of nitrogens with zero attached hydrogens (tertiary/aromatic N) is 1. The number of H-pyrrole nitrogens is 1. The molecule has 15 heavy (non-hydrogen) atoms. The lowest BCUT2D eigenvalue weighted by atomic mass is 10.0. The second kappa shape index (κ2) is 4.28. The van der Waals surface area contributed by atoms with Crippen LogP contribution in [0.25, 0.3) is 11.1 Å². The lowest BCUT2D eigenvalue weighted by Gasteiger charge is -2.02. The third-order valence-corrected chi connectivity index (χ3v) is 2.44. The van der Waals surface area contributed by atoms with E-state index < -0.39 is 0 Å². The Morgan fingerprint density at radius 3 is 3.00 bits per heavy atom. The quantitative estimate of drug-likeness (QED) is 0.796. The van der Waals surface area contributed by atoms with Crippen LogP contribution in [-0.2, 0) is 6.42 Å². The molecule has 1 aromatic heterocycles. The molecule has 1 heterocycles. The largest absolute Gasteiger partial charge is 0.330 e. The molecule has 0 atom stereocenters. The zero-order valence-electron chi connectivity index (χ0n) is 8.83. The van der Waals surface area contributed by atoms with Gasteiger partial charge in [-0.3, -0.25) is 5.10 Å². The second-order valence-electron chi connectivity index (χ2n) is 3.67. The summed E-state index contributed by atoms with van der Waals surface area (Å²) in [5, 5.41) is 7.06. The van der Waals surface area contributed by atoms with Crippen LogP contribution in [0.5, 0.6) is 0 Å². The highest BCUT2D eigenvalue weighted by Crippen LogP contribution is 2.22. The maximum absolute atomic E-state index is 5.55. The summed E-state index contributed by atoms with van der Waals surface area (Å²) in [6.45, 7) is 2.73. The molecule has 0 amide bonds. The molecule has 0 saturated carbocycles. The van der Waals surface area contributed by atoms with Gasteiger partial charge < -0.3 is 5.73 Å². The fraction of sp³-hybridized carbons (Fsp3) is 0.250. The fourth-order valence-electron chi connectivity index (χ4n) is 1.71. The molecule has 2 rings (SSSR count). The third-order valence-electron chi connectivity index (χ3n) is 2.44. The van der Waals surface area contributed by atoms with Crippen molar-refractivity contribution in [1.82, 2.24) is 10.2 Å². The molecular formula is C12H15N3. The van der Waals surface area contributed by atoms with Crippen molar-refractivity contribution in [2.24, 2.45) is 5.73 Å². The summed E-state index contributed by atoms with van der Waals surface area (Å²) >= 11 is 0. The minimum atomic E-state index is 0.640. The second-order valence-corrected chi connectivity index (χ2v) is 3.67. The summed E-state index contributed by atoms with van der Waals surface area (Å²) in [7, 11) is 0. The average molecular weight is 201 g/mol. The van der Waals surface area contributed by atoms with Gasteiger partial charge in [0.05, 0.1) is 6.20 Å². The fourth-order valence-corrected chi connectivity index (χ4v) is 1.71. The summed E-state index contributed by atoms with van der Waals surface area (Å²) < 4.78 is 0. The Balaban J connectivity index is 2.40. The standard InChI is InChI=1S/C12H15N3/c1-9-3-2-4-10(7-9)11-8-14-15-12(11)5-6-13/h2-4,7-8H,5-6,13H2,1H3,(H,14,15). The molecule has 0 radical (unpaired) electrons. The number of nitrogens with one attached hydrogen (secondary N) is 1. The van der Waals surface area contributed by atoms with Crippen molar-refractivity contribution in [2.75, 3.05) is 6.54 Å². The molecule has 0 aliphatic heterocycles. The van der Waals surface area contributed by atoms with Crippen LogP contribution in [0.2, 0.25) is 0 Å². The Kier molecular flexibility index (Phi) is 2.83. The Hall–Kier alpha value is -1.61. The normalized spacial score (nSPS) is 10.5. The van der Waals surface area contributed by atoms with Crippen molar-refractivity contribution >= 4 is 0 Å². The molecule has 0 saturated heterocycles. The van der Waals surface area contributed by atoms with Crippen molar-refractivity contribution in [3.8, 4) is 11.1 Å². The third kappa shape index (κ3) is 2.07. The first kappa shape index (κ1) is 9.93. The maximum atomic E-state index is 5.55. The van der Waals surface area contributed by atoms with Crippen molar-refractivity contribution in [3.63, 3.8) is 0 Å². The first-order valence-electron chi connectivity index (χ1n) is 5.10. The van der Waals surface area contributed by atoms with Gasteiger partial charge in [0, 0.05) is 17.7 Å². The highest BCUT2D eigenvalue weighted by atomic mass is 15.1. The van der Waals surface area contributed by atoms with Gasteiger partial charge in [0.15, 0.2) is 0 Å². The molecule has 0 aliphatic rings. The van der Waals surface area contributed by atoms with Crippen LogP contribution in [0.15, 0.2) is 30.5 Å². The first-order chi connectivity index (χ1) is 7.31. The average Bonchev–Trinajstić information content (AvgIpc) is 2.66. The molecule has 2 aromatic rings. The number of rotatable bonds is 3. The summed E-state index contributed by atoms with van der Waals surface area (Å²) in [4.78, 5) is 0. The van der Waals surface area contributed by atoms with Crippen LogP contribution in [0.3, 0.4) is 0 Å². The molecule has 1 aromatic carbocycles. The molecule has 0 bridgehead atoms. The van der Waals surface area contributed by atoms with Crippen molar-refractivity contribution in [1.29, 1.82) is 0 Å². The van der Waals surface area contributed by atoms with E-state index in [9.17, 15) is 0 Å². The number of aryl methyl sites for hydroxylation is 1. The summed E-state index contributed by atoms with van der Waals surface area (Å²) in [5.74, 6) is 0. The van der Waals surface area contributed by atoms with Crippen LogP contribution in [0.4, 0.5) is 0 Å². The lowest BCUT2D eigenvalue weighted by molar-refractivity contribution is 0.902. The zero-order chi connectivity index (χ0) is 10.7. The SMILES string of the molecule is Cc1cccc(-c2cn[nH]c2CCN)c1. The highest BCUT2D eigenvalue weighted by molar-refractivity contribution is 5.65. The van der Waals surface area contributed by atoms with E-state index in [4.69, 9.17) is 5.73 Å². The molecule has 0 spiro atoms. The van der Waals surface area contributed by atoms with Gasteiger partial charge >= 0.3 is 0 Å². The molecule has 3 heteroatoms. The van der Waals surface area contributed by atoms with Gasteiger partial charge in [0.2, 0.25) is 0 Å². The monoisotopic (exact) mass is 201 g/mol. The Morgan fingerprint density at radius 2 is 2.27 bits per heavy atom. The number of nitrogens with two attached hydrogens (primary N) is 1. The Bertz CT molecular complexity index is 446. The van der Waals surface area contributed by atoms with Crippen molar-refractivity contribution in [2.45, 2.75) is 13.3 Å². The van der Waals surface area contributed by atoms with E-state index in [1.807, 2.05) is 6.20 Å². The zero-order valence-corrected chi connectivity index (χ0v) is 8.83. The lowest BCUT2D eigenvalue weighted by Crippen LogP contribution is -2.03. The van der Waals surface area contributed by atoms with Crippen molar-refractivity contribution in [3.05, 3.63) is 41.7 Å². The van der Waals surface area contributed by atoms with Gasteiger partial charge in [-0.1, -0.05) is 29.8 Å². The van der Waals surface area contributed by atoms with Gasteiger partial charge in [0.1, 0.15) is 0 Å². The number of hydrogen-bond acceptors (Lipinski definition) is 2. The minimum absolute atomic E-state index is 0.640. The van der Waals surface area contributed by atoms with Gasteiger partial charge in [0.25, 0.3) is 0 Å². The van der Waals surface area contributed by atoms with Crippen molar-refractivity contribution < 1.29 is 0 Å². The Labute approximate surface area is 89.3 Å². The Morgan fingerprint density at radius 1 is 1.40 bits per heavy atom. The van der Waals surface area contributed by atoms with Gasteiger partial charge in [-0.05, 0) is 19.0 Å². The van der Waals surface area contributed by atoms with Crippen LogP contribution in [0.1, 0.15) is 11.3 Å². The molecule has 3 N–H and O–H groups in total. The number of hydrogen-bond donors (Lipinski definition) is 2. The number of aromatic nitrogens is 2. The smallest absolute Gasteiger partial charge is 0.0568 e. The maximum Gasteiger partial charge on any atom is 0.0568 e. The summed E-state index contributed by atoms with van der Waals surface area (Å²) in [6, 6.07) is 8.40. The predicted octanol–water partition coefficient (Wildman–Crippen LogP) is 1.89. The minimum Gasteiger partial charge on any atom is -0.330 e. The first-order valence-corrected chi connectivity index (χ1v) is 5.10. The predicted molar refractivity (Wildman–Crippen MR) is 61.5 cm³/mol. The van der Waals surface area contributed by atoms with Crippen LogP contribution in [0, 0.1) is 6.92 Å². The molecule has 0 aliphatic carbocycles. The van der Waals surface area contributed by atoms with E-state index in [0.29, 0.717) is 6.54 Å². The highest BCUT2D eigenvalue weighted by Gasteiger charge is 2.06. The van der Waals surface area contributed by atoms with E-state index in [1.54, 1.807) is 0 Å². The molecular weight excluding hydrogens is 186 g/mol. The van der Waals surface area contributed by atoms with Crippen LogP contribution < -0.4 is 5.73 Å². The van der Waals surface area contributed by atoms with Crippen LogP contribution >= 0.6 is 0 Å². The number of aromatic amines is 1. The van der Waals surface area contributed by atoms with E-state index >= 15 is 0 Å². The molecule has 78 valence electrons. The summed E-state index contributed by atoms with van der Waals surface area (Å²) in [5.41, 5.74) is 10.3. The molecule has 0 fully saturated rings. The molecule has 0 unspecified atom stereocenters.